The molecule has 0 rings (SSSR count). The van der Waals surface area contributed by atoms with Gasteiger partial charge >= 0.3 is 5.97 Å². The summed E-state index contributed by atoms with van der Waals surface area (Å²) in [5, 5.41) is 9.16. The molecule has 1 atom stereocenters. The standard InChI is InChI=1S/C17H32N2O4/c1-2-3-4-5-6-7-8-9-10-11-14(20)17(19,16(22)23)13-12-15(18)21/h2-13,19H2,1H3,(H2,18,21)(H,22,23)/t17-/m1/s1. The minimum absolute atomic E-state index is 0.136. The highest BCUT2D eigenvalue weighted by atomic mass is 16.4. The zero-order valence-electron chi connectivity index (χ0n) is 14.3. The molecule has 0 bridgehead atoms. The van der Waals surface area contributed by atoms with Crippen molar-refractivity contribution in [2.45, 2.75) is 89.5 Å². The van der Waals surface area contributed by atoms with Gasteiger partial charge in [0.2, 0.25) is 5.91 Å². The van der Waals surface area contributed by atoms with E-state index < -0.39 is 23.2 Å². The molecule has 23 heavy (non-hydrogen) atoms. The van der Waals surface area contributed by atoms with Gasteiger partial charge in [0.15, 0.2) is 11.3 Å². The molecule has 0 radical (unpaired) electrons. The quantitative estimate of drug-likeness (QED) is 0.315. The van der Waals surface area contributed by atoms with E-state index in [0.29, 0.717) is 6.42 Å². The smallest absolute Gasteiger partial charge is 0.331 e. The van der Waals surface area contributed by atoms with Crippen molar-refractivity contribution >= 4 is 17.7 Å². The molecule has 0 fully saturated rings. The van der Waals surface area contributed by atoms with Crippen molar-refractivity contribution in [3.63, 3.8) is 0 Å². The van der Waals surface area contributed by atoms with Crippen molar-refractivity contribution < 1.29 is 19.5 Å². The lowest BCUT2D eigenvalue weighted by molar-refractivity contribution is -0.148. The van der Waals surface area contributed by atoms with E-state index in [1.165, 1.54) is 32.1 Å². The molecule has 0 unspecified atom stereocenters. The number of nitrogens with two attached hydrogens (primary N) is 2. The van der Waals surface area contributed by atoms with Crippen LogP contribution in [0.3, 0.4) is 0 Å². The average molecular weight is 328 g/mol. The van der Waals surface area contributed by atoms with E-state index >= 15 is 0 Å². The monoisotopic (exact) mass is 328 g/mol. The number of amides is 1. The molecule has 0 spiro atoms. The molecule has 0 aromatic carbocycles. The van der Waals surface area contributed by atoms with Crippen LogP contribution < -0.4 is 11.5 Å². The van der Waals surface area contributed by atoms with Crippen LogP contribution in [0, 0.1) is 0 Å². The van der Waals surface area contributed by atoms with Crippen molar-refractivity contribution in [2.75, 3.05) is 0 Å². The van der Waals surface area contributed by atoms with E-state index in [2.05, 4.69) is 6.92 Å². The second-order valence-electron chi connectivity index (χ2n) is 6.24. The molecule has 0 aliphatic rings. The lowest BCUT2D eigenvalue weighted by Crippen LogP contribution is -2.55. The number of carboxylic acid groups (broad SMARTS) is 1. The van der Waals surface area contributed by atoms with E-state index in [1.54, 1.807) is 0 Å². The fourth-order valence-electron chi connectivity index (χ4n) is 2.51. The van der Waals surface area contributed by atoms with Crippen LogP contribution in [0.4, 0.5) is 0 Å². The predicted molar refractivity (Wildman–Crippen MR) is 89.8 cm³/mol. The number of hydrogen-bond donors (Lipinski definition) is 3. The third-order valence-corrected chi connectivity index (χ3v) is 4.15. The van der Waals surface area contributed by atoms with E-state index in [9.17, 15) is 14.4 Å². The van der Waals surface area contributed by atoms with Gasteiger partial charge in [0.25, 0.3) is 0 Å². The fraction of sp³-hybridized carbons (Fsp3) is 0.824. The van der Waals surface area contributed by atoms with Crippen LogP contribution in [-0.4, -0.2) is 28.3 Å². The van der Waals surface area contributed by atoms with Crippen molar-refractivity contribution in [1.29, 1.82) is 0 Å². The van der Waals surface area contributed by atoms with Crippen molar-refractivity contribution in [1.82, 2.24) is 0 Å². The first-order chi connectivity index (χ1) is 10.8. The predicted octanol–water partition coefficient (Wildman–Crippen LogP) is 2.52. The zero-order valence-corrected chi connectivity index (χ0v) is 14.3. The maximum atomic E-state index is 12.1. The normalized spacial score (nSPS) is 13.5. The number of primary amides is 1. The number of carbonyl (C=O) groups excluding carboxylic acids is 2. The second kappa shape index (κ2) is 12.0. The Kier molecular flexibility index (Phi) is 11.3. The minimum atomic E-state index is -1.99. The molecule has 5 N–H and O–H groups in total. The Labute approximate surface area is 139 Å². The highest BCUT2D eigenvalue weighted by molar-refractivity contribution is 6.07. The molecule has 6 heteroatoms. The lowest BCUT2D eigenvalue weighted by atomic mass is 9.87. The molecular weight excluding hydrogens is 296 g/mol. The first kappa shape index (κ1) is 21.6. The van der Waals surface area contributed by atoms with E-state index in [0.717, 1.165) is 19.3 Å². The number of hydrogen-bond acceptors (Lipinski definition) is 4. The largest absolute Gasteiger partial charge is 0.480 e. The maximum Gasteiger partial charge on any atom is 0.331 e. The summed E-state index contributed by atoms with van der Waals surface area (Å²) in [6.07, 6.45) is 9.68. The maximum absolute atomic E-state index is 12.1. The zero-order chi connectivity index (χ0) is 17.7. The van der Waals surface area contributed by atoms with Crippen LogP contribution in [-0.2, 0) is 14.4 Å². The number of aliphatic carboxylic acids is 1. The number of carbonyl (C=O) groups is 3. The number of ketones is 1. The Morgan fingerprint density at radius 1 is 0.870 bits per heavy atom. The summed E-state index contributed by atoms with van der Waals surface area (Å²) in [6, 6.07) is 0. The van der Waals surface area contributed by atoms with Gasteiger partial charge < -0.3 is 16.6 Å². The number of Topliss-reactive ketones (excluding diaryl/α,β-unsaturated/α-hetero) is 1. The highest BCUT2D eigenvalue weighted by Crippen LogP contribution is 2.17. The van der Waals surface area contributed by atoms with Crippen LogP contribution >= 0.6 is 0 Å². The van der Waals surface area contributed by atoms with Crippen LogP contribution in [0.5, 0.6) is 0 Å². The Balaban J connectivity index is 3.96. The summed E-state index contributed by atoms with van der Waals surface area (Å²) in [5.41, 5.74) is 8.69. The van der Waals surface area contributed by atoms with Gasteiger partial charge in [-0.3, -0.25) is 9.59 Å². The van der Waals surface area contributed by atoms with Crippen LogP contribution in [0.1, 0.15) is 84.0 Å². The summed E-state index contributed by atoms with van der Waals surface area (Å²) in [5.74, 6) is -2.56. The molecule has 6 nitrogen and oxygen atoms in total. The third-order valence-electron chi connectivity index (χ3n) is 4.15. The molecule has 0 aliphatic carbocycles. The molecule has 134 valence electrons. The fourth-order valence-corrected chi connectivity index (χ4v) is 2.51. The summed E-state index contributed by atoms with van der Waals surface area (Å²) in [6.45, 7) is 2.19. The summed E-state index contributed by atoms with van der Waals surface area (Å²) < 4.78 is 0. The average Bonchev–Trinajstić information content (AvgIpc) is 2.50. The van der Waals surface area contributed by atoms with E-state index in [1.807, 2.05) is 0 Å². The van der Waals surface area contributed by atoms with Gasteiger partial charge in [-0.25, -0.2) is 4.79 Å². The Morgan fingerprint density at radius 2 is 1.35 bits per heavy atom. The van der Waals surface area contributed by atoms with E-state index in [-0.39, 0.29) is 19.3 Å². The first-order valence-electron chi connectivity index (χ1n) is 8.68. The highest BCUT2D eigenvalue weighted by Gasteiger charge is 2.41. The molecule has 0 aromatic rings. The van der Waals surface area contributed by atoms with Gasteiger partial charge in [-0.05, 0) is 12.8 Å². The molecule has 0 aliphatic heterocycles. The molecular formula is C17H32N2O4. The molecule has 0 saturated carbocycles. The summed E-state index contributed by atoms with van der Waals surface area (Å²) in [7, 11) is 0. The molecule has 0 saturated heterocycles. The summed E-state index contributed by atoms with van der Waals surface area (Å²) in [4.78, 5) is 34.1. The molecule has 1 amide bonds. The van der Waals surface area contributed by atoms with Gasteiger partial charge in [-0.1, -0.05) is 58.3 Å². The van der Waals surface area contributed by atoms with Crippen molar-refractivity contribution in [3.8, 4) is 0 Å². The SMILES string of the molecule is CCCCCCCCCCCC(=O)[C@](N)(CCC(N)=O)C(=O)O. The number of carboxylic acids is 1. The van der Waals surface area contributed by atoms with Gasteiger partial charge in [0, 0.05) is 12.8 Å². The van der Waals surface area contributed by atoms with Gasteiger partial charge in [0.1, 0.15) is 0 Å². The van der Waals surface area contributed by atoms with E-state index in [4.69, 9.17) is 16.6 Å². The van der Waals surface area contributed by atoms with Crippen LogP contribution in [0.25, 0.3) is 0 Å². The number of unbranched alkanes of at least 4 members (excludes halogenated alkanes) is 8. The van der Waals surface area contributed by atoms with Crippen LogP contribution in [0.15, 0.2) is 0 Å². The van der Waals surface area contributed by atoms with Gasteiger partial charge in [-0.2, -0.15) is 0 Å². The Morgan fingerprint density at radius 3 is 1.78 bits per heavy atom. The minimum Gasteiger partial charge on any atom is -0.480 e. The van der Waals surface area contributed by atoms with Gasteiger partial charge in [-0.15, -0.1) is 0 Å². The van der Waals surface area contributed by atoms with Gasteiger partial charge in [0.05, 0.1) is 0 Å². The Hall–Kier alpha value is -1.43. The number of rotatable bonds is 15. The topological polar surface area (TPSA) is 123 Å². The lowest BCUT2D eigenvalue weighted by Gasteiger charge is -2.22. The summed E-state index contributed by atoms with van der Waals surface area (Å²) >= 11 is 0. The second-order valence-corrected chi connectivity index (χ2v) is 6.24. The third kappa shape index (κ3) is 9.33. The van der Waals surface area contributed by atoms with Crippen molar-refractivity contribution in [2.24, 2.45) is 11.5 Å². The Bertz CT molecular complexity index is 385. The molecule has 0 aromatic heterocycles. The van der Waals surface area contributed by atoms with Crippen molar-refractivity contribution in [3.05, 3.63) is 0 Å². The first-order valence-corrected chi connectivity index (χ1v) is 8.68. The van der Waals surface area contributed by atoms with Crippen LogP contribution in [0.2, 0.25) is 0 Å². The molecule has 0 heterocycles.